The van der Waals surface area contributed by atoms with Crippen LogP contribution in [0.2, 0.25) is 5.15 Å². The van der Waals surface area contributed by atoms with E-state index < -0.39 is 24.4 Å². The van der Waals surface area contributed by atoms with Gasteiger partial charge in [-0.15, -0.1) is 0 Å². The number of amides is 1. The van der Waals surface area contributed by atoms with Crippen LogP contribution in [0.3, 0.4) is 0 Å². The molecule has 0 bridgehead atoms. The van der Waals surface area contributed by atoms with Crippen molar-refractivity contribution >= 4 is 36.7 Å². The Bertz CT molecular complexity index is 953. The summed E-state index contributed by atoms with van der Waals surface area (Å²) in [5.41, 5.74) is 6.67. The third-order valence-corrected chi connectivity index (χ3v) is 5.51. The van der Waals surface area contributed by atoms with E-state index in [2.05, 4.69) is 15.3 Å². The van der Waals surface area contributed by atoms with Gasteiger partial charge in [0.1, 0.15) is 23.3 Å². The van der Waals surface area contributed by atoms with E-state index in [0.29, 0.717) is 11.2 Å². The Kier molecular flexibility index (Phi) is 6.88. The van der Waals surface area contributed by atoms with Crippen LogP contribution in [-0.2, 0) is 20.7 Å². The summed E-state index contributed by atoms with van der Waals surface area (Å²) in [6.07, 6.45) is 2.45. The molecule has 0 saturated carbocycles. The molecule has 1 amide bonds. The summed E-state index contributed by atoms with van der Waals surface area (Å²) in [6, 6.07) is 9.42. The van der Waals surface area contributed by atoms with Crippen LogP contribution >= 0.6 is 11.6 Å². The smallest absolute Gasteiger partial charge is 0.445 e. The summed E-state index contributed by atoms with van der Waals surface area (Å²) in [6.45, 7) is 8.03. The maximum atomic E-state index is 12.2. The summed E-state index contributed by atoms with van der Waals surface area (Å²) in [5.74, 6) is 0.199. The zero-order valence-electron chi connectivity index (χ0n) is 18.0. The summed E-state index contributed by atoms with van der Waals surface area (Å²) < 4.78 is 17.5. The van der Waals surface area contributed by atoms with Crippen molar-refractivity contribution in [1.29, 1.82) is 0 Å². The number of hydrogen-bond donors (Lipinski definition) is 2. The van der Waals surface area contributed by atoms with E-state index in [0.717, 1.165) is 5.56 Å². The van der Waals surface area contributed by atoms with Crippen molar-refractivity contribution in [2.75, 3.05) is 12.3 Å². The van der Waals surface area contributed by atoms with Gasteiger partial charge >= 0.3 is 13.2 Å². The first-order valence-corrected chi connectivity index (χ1v) is 10.2. The Morgan fingerprint density at radius 2 is 1.87 bits per heavy atom. The molecule has 1 saturated heterocycles. The molecule has 2 heterocycles. The van der Waals surface area contributed by atoms with Gasteiger partial charge in [0.25, 0.3) is 0 Å². The number of nitrogens with two attached hydrogens (primary N) is 1. The second kappa shape index (κ2) is 9.26. The SMILES string of the molecule is CC1(C)OB(C(=Cc2nc(Cl)cnc2N)CNC(=O)OCc2ccccc2)OC1(C)C. The van der Waals surface area contributed by atoms with Crippen molar-refractivity contribution < 1.29 is 18.8 Å². The molecule has 3 rings (SSSR count). The normalized spacial score (nSPS) is 17.5. The van der Waals surface area contributed by atoms with E-state index in [1.165, 1.54) is 6.20 Å². The molecule has 0 spiro atoms. The van der Waals surface area contributed by atoms with Gasteiger partial charge in [-0.3, -0.25) is 0 Å². The molecule has 0 atom stereocenters. The van der Waals surface area contributed by atoms with E-state index >= 15 is 0 Å². The van der Waals surface area contributed by atoms with Gasteiger partial charge in [0, 0.05) is 6.54 Å². The standard InChI is InChI=1S/C21H26BClN4O4/c1-20(2)21(3,4)31-22(30-20)15(10-16-18(24)25-12-17(23)27-16)11-26-19(28)29-13-14-8-6-5-7-9-14/h5-10,12H,11,13H2,1-4H3,(H2,24,25)(H,26,28). The number of nitrogens with zero attached hydrogens (tertiary/aromatic N) is 2. The maximum Gasteiger partial charge on any atom is 0.492 e. The lowest BCUT2D eigenvalue weighted by atomic mass is 9.77. The monoisotopic (exact) mass is 444 g/mol. The van der Waals surface area contributed by atoms with Gasteiger partial charge in [-0.05, 0) is 44.8 Å². The molecular formula is C21H26BClN4O4. The number of carbonyl (C=O) groups excluding carboxylic acids is 1. The van der Waals surface area contributed by atoms with Gasteiger partial charge < -0.3 is 25.1 Å². The Hall–Kier alpha value is -2.62. The predicted molar refractivity (Wildman–Crippen MR) is 120 cm³/mol. The van der Waals surface area contributed by atoms with Gasteiger partial charge in [0.05, 0.1) is 17.4 Å². The number of anilines is 1. The third kappa shape index (κ3) is 5.75. The molecule has 10 heteroatoms. The highest BCUT2D eigenvalue weighted by molar-refractivity contribution is 6.56. The van der Waals surface area contributed by atoms with E-state index in [-0.39, 0.29) is 24.1 Å². The molecule has 0 radical (unpaired) electrons. The first-order valence-electron chi connectivity index (χ1n) is 9.86. The van der Waals surface area contributed by atoms with E-state index in [9.17, 15) is 4.79 Å². The van der Waals surface area contributed by atoms with Crippen molar-refractivity contribution in [3.05, 3.63) is 58.4 Å². The van der Waals surface area contributed by atoms with Crippen LogP contribution in [0.5, 0.6) is 0 Å². The van der Waals surface area contributed by atoms with Gasteiger partial charge in [0.2, 0.25) is 0 Å². The molecule has 1 aliphatic rings. The Morgan fingerprint density at radius 1 is 1.23 bits per heavy atom. The summed E-state index contributed by atoms with van der Waals surface area (Å²) in [4.78, 5) is 20.5. The van der Waals surface area contributed by atoms with Crippen LogP contribution in [0, 0.1) is 0 Å². The van der Waals surface area contributed by atoms with Gasteiger partial charge in [-0.2, -0.15) is 0 Å². The molecule has 1 aromatic heterocycles. The second-order valence-corrected chi connectivity index (χ2v) is 8.57. The number of ether oxygens (including phenoxy) is 1. The number of nitrogen functional groups attached to an aromatic ring is 1. The highest BCUT2D eigenvalue weighted by Crippen LogP contribution is 2.38. The fourth-order valence-corrected chi connectivity index (χ4v) is 2.96. The number of alkyl carbamates (subject to hydrolysis) is 1. The minimum Gasteiger partial charge on any atom is -0.445 e. The molecule has 3 N–H and O–H groups in total. The number of nitrogens with one attached hydrogen (secondary N) is 1. The van der Waals surface area contributed by atoms with E-state index in [1.54, 1.807) is 6.08 Å². The van der Waals surface area contributed by atoms with Gasteiger partial charge in [-0.25, -0.2) is 14.8 Å². The molecule has 1 aromatic carbocycles. The fraction of sp³-hybridized carbons (Fsp3) is 0.381. The van der Waals surface area contributed by atoms with Gasteiger partial charge in [0.15, 0.2) is 0 Å². The topological polar surface area (TPSA) is 109 Å². The Morgan fingerprint density at radius 3 is 2.52 bits per heavy atom. The van der Waals surface area contributed by atoms with Crippen LogP contribution in [0.1, 0.15) is 39.0 Å². The first kappa shape index (κ1) is 23.1. The largest absolute Gasteiger partial charge is 0.492 e. The Balaban J connectivity index is 1.75. The van der Waals surface area contributed by atoms with Crippen LogP contribution < -0.4 is 11.1 Å². The number of hydrogen-bond acceptors (Lipinski definition) is 7. The first-order chi connectivity index (χ1) is 14.6. The molecule has 2 aromatic rings. The molecule has 1 fully saturated rings. The number of benzene rings is 1. The zero-order chi connectivity index (χ0) is 22.6. The Labute approximate surface area is 187 Å². The minimum absolute atomic E-state index is 0.0953. The highest BCUT2D eigenvalue weighted by Gasteiger charge is 2.52. The van der Waals surface area contributed by atoms with Gasteiger partial charge in [-0.1, -0.05) is 41.9 Å². The fourth-order valence-electron chi connectivity index (χ4n) is 2.82. The number of halogens is 1. The van der Waals surface area contributed by atoms with Crippen molar-refractivity contribution in [3.8, 4) is 0 Å². The van der Waals surface area contributed by atoms with Crippen LogP contribution in [-0.4, -0.2) is 40.9 Å². The lowest BCUT2D eigenvalue weighted by Crippen LogP contribution is -2.41. The average molecular weight is 445 g/mol. The minimum atomic E-state index is -0.723. The third-order valence-electron chi connectivity index (χ3n) is 5.33. The van der Waals surface area contributed by atoms with Crippen LogP contribution in [0.25, 0.3) is 6.08 Å². The number of carbonyl (C=O) groups is 1. The molecule has 0 aliphatic carbocycles. The molecule has 1 aliphatic heterocycles. The molecule has 0 unspecified atom stereocenters. The zero-order valence-corrected chi connectivity index (χ0v) is 18.8. The quantitative estimate of drug-likeness (QED) is 0.654. The van der Waals surface area contributed by atoms with Crippen molar-refractivity contribution in [1.82, 2.24) is 15.3 Å². The van der Waals surface area contributed by atoms with Crippen molar-refractivity contribution in [3.63, 3.8) is 0 Å². The number of rotatable bonds is 6. The molecule has 164 valence electrons. The lowest BCUT2D eigenvalue weighted by Gasteiger charge is -2.32. The van der Waals surface area contributed by atoms with Crippen molar-refractivity contribution in [2.45, 2.75) is 45.5 Å². The summed E-state index contributed by atoms with van der Waals surface area (Å²) in [5, 5.41) is 2.93. The molecule has 31 heavy (non-hydrogen) atoms. The van der Waals surface area contributed by atoms with E-state index in [1.807, 2.05) is 58.0 Å². The lowest BCUT2D eigenvalue weighted by molar-refractivity contribution is 0.00578. The summed E-state index contributed by atoms with van der Waals surface area (Å²) >= 11 is 5.97. The van der Waals surface area contributed by atoms with Crippen molar-refractivity contribution in [2.24, 2.45) is 0 Å². The number of aromatic nitrogens is 2. The summed E-state index contributed by atoms with van der Waals surface area (Å²) in [7, 11) is -0.723. The van der Waals surface area contributed by atoms with E-state index in [4.69, 9.17) is 31.4 Å². The highest BCUT2D eigenvalue weighted by atomic mass is 35.5. The van der Waals surface area contributed by atoms with Crippen LogP contribution in [0.15, 0.2) is 42.0 Å². The average Bonchev–Trinajstić information content (AvgIpc) is 2.94. The second-order valence-electron chi connectivity index (χ2n) is 8.19. The molecule has 8 nitrogen and oxygen atoms in total. The molecular weight excluding hydrogens is 419 g/mol. The predicted octanol–water partition coefficient (Wildman–Crippen LogP) is 3.65. The maximum absolute atomic E-state index is 12.2. The van der Waals surface area contributed by atoms with Crippen LogP contribution in [0.4, 0.5) is 10.6 Å².